The first-order valence-electron chi connectivity index (χ1n) is 12.9. The van der Waals surface area contributed by atoms with Gasteiger partial charge in [-0.2, -0.15) is 13.2 Å². The molecule has 0 saturated carbocycles. The van der Waals surface area contributed by atoms with Crippen molar-refractivity contribution in [3.05, 3.63) is 69.7 Å². The Bertz CT molecular complexity index is 1440. The molecule has 0 atom stereocenters. The number of methoxy groups -OCH3 is 1. The van der Waals surface area contributed by atoms with Gasteiger partial charge in [0.2, 0.25) is 17.7 Å². The standard InChI is InChI=1S/C29H29ClF3N3O4/c1-16(37)35-12-21(13-35)28(39,22-14-36(15-22)17(2)38)20-8-9-25-23(11-20)26(30)24(27(34-25)40-3)10-18-4-6-19(7-5-18)29(31,32)33/h4-9,11,21-22,39H,10,12-15H2,1-3H3. The third-order valence-corrected chi connectivity index (χ3v) is 8.63. The van der Waals surface area contributed by atoms with Crippen LogP contribution in [0.1, 0.15) is 36.1 Å². The smallest absolute Gasteiger partial charge is 0.416 e. The number of amides is 2. The Morgan fingerprint density at radius 2 is 1.50 bits per heavy atom. The van der Waals surface area contributed by atoms with Gasteiger partial charge in [0, 0.05) is 69.2 Å². The maximum Gasteiger partial charge on any atom is 0.416 e. The number of halogens is 4. The molecule has 2 aliphatic rings. The molecular weight excluding hydrogens is 547 g/mol. The van der Waals surface area contributed by atoms with Crippen molar-refractivity contribution in [2.75, 3.05) is 33.3 Å². The fourth-order valence-electron chi connectivity index (χ4n) is 5.66. The third-order valence-electron chi connectivity index (χ3n) is 8.19. The normalized spacial score (nSPS) is 16.6. The quantitative estimate of drug-likeness (QED) is 0.463. The van der Waals surface area contributed by atoms with Crippen molar-refractivity contribution in [3.8, 4) is 5.88 Å². The number of benzene rings is 2. The average Bonchev–Trinajstić information content (AvgIpc) is 2.82. The number of fused-ring (bicyclic) bond motifs is 1. The predicted octanol–water partition coefficient (Wildman–Crippen LogP) is 4.65. The summed E-state index contributed by atoms with van der Waals surface area (Å²) >= 11 is 6.90. The van der Waals surface area contributed by atoms with Crippen molar-refractivity contribution in [1.82, 2.24) is 14.8 Å². The van der Waals surface area contributed by atoms with Crippen LogP contribution in [-0.2, 0) is 27.8 Å². The summed E-state index contributed by atoms with van der Waals surface area (Å²) in [7, 11) is 1.45. The molecule has 2 aliphatic heterocycles. The van der Waals surface area contributed by atoms with Crippen molar-refractivity contribution < 1.29 is 32.6 Å². The van der Waals surface area contributed by atoms with Gasteiger partial charge in [-0.1, -0.05) is 29.8 Å². The molecule has 0 radical (unpaired) electrons. The van der Waals surface area contributed by atoms with Gasteiger partial charge in [-0.25, -0.2) is 4.98 Å². The first kappa shape index (κ1) is 28.2. The van der Waals surface area contributed by atoms with Crippen LogP contribution in [0, 0.1) is 11.8 Å². The Morgan fingerprint density at radius 3 is 1.98 bits per heavy atom. The molecule has 0 spiro atoms. The zero-order valence-electron chi connectivity index (χ0n) is 22.3. The van der Waals surface area contributed by atoms with E-state index < -0.39 is 17.3 Å². The molecule has 11 heteroatoms. The Labute approximate surface area is 234 Å². The summed E-state index contributed by atoms with van der Waals surface area (Å²) in [6.45, 7) is 4.57. The lowest BCUT2D eigenvalue weighted by Gasteiger charge is -2.55. The van der Waals surface area contributed by atoms with Crippen molar-refractivity contribution in [1.29, 1.82) is 0 Å². The maximum atomic E-state index is 13.0. The van der Waals surface area contributed by atoms with E-state index >= 15 is 0 Å². The van der Waals surface area contributed by atoms with E-state index in [1.165, 1.54) is 33.1 Å². The second-order valence-electron chi connectivity index (χ2n) is 10.6. The summed E-state index contributed by atoms with van der Waals surface area (Å²) in [5.41, 5.74) is 0.184. The van der Waals surface area contributed by atoms with Crippen molar-refractivity contribution in [2.45, 2.75) is 32.0 Å². The van der Waals surface area contributed by atoms with Gasteiger partial charge < -0.3 is 19.6 Å². The molecule has 3 aromatic rings. The van der Waals surface area contributed by atoms with E-state index in [1.807, 2.05) is 0 Å². The molecule has 3 heterocycles. The third kappa shape index (κ3) is 4.88. The van der Waals surface area contributed by atoms with Crippen LogP contribution in [0.5, 0.6) is 5.88 Å². The van der Waals surface area contributed by atoms with Crippen molar-refractivity contribution >= 4 is 34.3 Å². The second-order valence-corrected chi connectivity index (χ2v) is 11.0. The van der Waals surface area contributed by atoms with E-state index in [2.05, 4.69) is 4.98 Å². The second kappa shape index (κ2) is 10.2. The zero-order valence-corrected chi connectivity index (χ0v) is 23.0. The van der Waals surface area contributed by atoms with E-state index in [0.717, 1.165) is 12.1 Å². The van der Waals surface area contributed by atoms with Gasteiger partial charge in [-0.15, -0.1) is 0 Å². The van der Waals surface area contributed by atoms with Crippen LogP contribution in [0.4, 0.5) is 13.2 Å². The fourth-order valence-corrected chi connectivity index (χ4v) is 5.96. The summed E-state index contributed by atoms with van der Waals surface area (Å²) in [6.07, 6.45) is -4.25. The zero-order chi connectivity index (χ0) is 29.0. The van der Waals surface area contributed by atoms with Crippen LogP contribution in [0.3, 0.4) is 0 Å². The van der Waals surface area contributed by atoms with Gasteiger partial charge >= 0.3 is 6.18 Å². The molecule has 0 aliphatic carbocycles. The number of rotatable bonds is 6. The van der Waals surface area contributed by atoms with Crippen LogP contribution in [0.15, 0.2) is 42.5 Å². The minimum absolute atomic E-state index is 0.0664. The molecule has 1 N–H and O–H groups in total. The van der Waals surface area contributed by atoms with E-state index in [-0.39, 0.29) is 36.0 Å². The van der Waals surface area contributed by atoms with Crippen LogP contribution >= 0.6 is 11.6 Å². The highest BCUT2D eigenvalue weighted by Crippen LogP contribution is 2.47. The molecule has 212 valence electrons. The number of hydrogen-bond acceptors (Lipinski definition) is 5. The van der Waals surface area contributed by atoms with E-state index in [9.17, 15) is 27.9 Å². The van der Waals surface area contributed by atoms with Crippen LogP contribution in [0.25, 0.3) is 10.9 Å². The molecule has 0 bridgehead atoms. The number of aliphatic hydroxyl groups is 1. The van der Waals surface area contributed by atoms with Gasteiger partial charge in [0.25, 0.3) is 0 Å². The van der Waals surface area contributed by atoms with Crippen LogP contribution < -0.4 is 4.74 Å². The Morgan fingerprint density at radius 1 is 0.975 bits per heavy atom. The molecule has 2 amide bonds. The highest BCUT2D eigenvalue weighted by molar-refractivity contribution is 6.36. The number of nitrogens with zero attached hydrogens (tertiary/aromatic N) is 3. The summed E-state index contributed by atoms with van der Waals surface area (Å²) in [5.74, 6) is -0.339. The average molecular weight is 576 g/mol. The maximum absolute atomic E-state index is 13.0. The molecule has 2 aromatic carbocycles. The van der Waals surface area contributed by atoms with Crippen LogP contribution in [-0.4, -0.2) is 65.0 Å². The van der Waals surface area contributed by atoms with Crippen molar-refractivity contribution in [2.24, 2.45) is 11.8 Å². The molecule has 2 fully saturated rings. The SMILES string of the molecule is COc1nc2ccc(C(O)(C3CN(C(C)=O)C3)C3CN(C(C)=O)C3)cc2c(Cl)c1Cc1ccc(C(F)(F)F)cc1. The minimum atomic E-state index is -4.44. The summed E-state index contributed by atoms with van der Waals surface area (Å²) in [4.78, 5) is 31.6. The molecule has 0 unspecified atom stereocenters. The lowest BCUT2D eigenvalue weighted by Crippen LogP contribution is -2.66. The first-order valence-corrected chi connectivity index (χ1v) is 13.3. The lowest BCUT2D eigenvalue weighted by atomic mass is 9.66. The number of ether oxygens (including phenoxy) is 1. The van der Waals surface area contributed by atoms with E-state index in [0.29, 0.717) is 58.8 Å². The molecular formula is C29H29ClF3N3O4. The highest BCUT2D eigenvalue weighted by Gasteiger charge is 2.54. The van der Waals surface area contributed by atoms with E-state index in [4.69, 9.17) is 16.3 Å². The minimum Gasteiger partial charge on any atom is -0.481 e. The predicted molar refractivity (Wildman–Crippen MR) is 143 cm³/mol. The highest BCUT2D eigenvalue weighted by atomic mass is 35.5. The number of aromatic nitrogens is 1. The van der Waals surface area contributed by atoms with Gasteiger partial charge in [-0.05, 0) is 35.4 Å². The molecule has 7 nitrogen and oxygen atoms in total. The number of hydrogen-bond donors (Lipinski definition) is 1. The van der Waals surface area contributed by atoms with Crippen molar-refractivity contribution in [3.63, 3.8) is 0 Å². The topological polar surface area (TPSA) is 83.0 Å². The lowest BCUT2D eigenvalue weighted by molar-refractivity contribution is -0.177. The molecule has 1 aromatic heterocycles. The van der Waals surface area contributed by atoms with E-state index in [1.54, 1.807) is 28.0 Å². The number of alkyl halides is 3. The monoisotopic (exact) mass is 575 g/mol. The Hall–Kier alpha value is -3.37. The molecule has 40 heavy (non-hydrogen) atoms. The number of carbonyl (C=O) groups excluding carboxylic acids is 2. The Kier molecular flexibility index (Phi) is 7.20. The summed E-state index contributed by atoms with van der Waals surface area (Å²) < 4.78 is 44.5. The largest absolute Gasteiger partial charge is 0.481 e. The van der Waals surface area contributed by atoms with Crippen LogP contribution in [0.2, 0.25) is 5.02 Å². The van der Waals surface area contributed by atoms with Gasteiger partial charge in [0.15, 0.2) is 0 Å². The summed E-state index contributed by atoms with van der Waals surface area (Å²) in [5, 5.41) is 13.1. The fraction of sp³-hybridized carbons (Fsp3) is 0.414. The number of pyridine rings is 1. The number of likely N-dealkylation sites (tertiary alicyclic amines) is 2. The van der Waals surface area contributed by atoms with Gasteiger partial charge in [0.1, 0.15) is 5.60 Å². The van der Waals surface area contributed by atoms with Gasteiger partial charge in [0.05, 0.1) is 23.2 Å². The molecule has 5 rings (SSSR count). The Balaban J connectivity index is 1.53. The summed E-state index contributed by atoms with van der Waals surface area (Å²) in [6, 6.07) is 10.2. The first-order chi connectivity index (χ1) is 18.8. The molecule has 2 saturated heterocycles. The number of carbonyl (C=O) groups is 2. The van der Waals surface area contributed by atoms with Gasteiger partial charge in [-0.3, -0.25) is 9.59 Å².